The maximum Gasteiger partial charge on any atom is 0.0802 e. The van der Waals surface area contributed by atoms with Crippen molar-refractivity contribution >= 4 is 26.5 Å². The average molecular weight is 296 g/mol. The first-order chi connectivity index (χ1) is 15.8. The van der Waals surface area contributed by atoms with Crippen molar-refractivity contribution in [3.63, 3.8) is 0 Å². The lowest BCUT2D eigenvalue weighted by atomic mass is 9.87. The van der Waals surface area contributed by atoms with Crippen molar-refractivity contribution in [1.29, 1.82) is 0 Å². The molecule has 0 aliphatic carbocycles. The van der Waals surface area contributed by atoms with E-state index in [9.17, 15) is 0 Å². The molecular formula is C16H28Si2. The molecule has 0 unspecified atom stereocenters. The van der Waals surface area contributed by atoms with Gasteiger partial charge < -0.3 is 0 Å². The molecule has 1 aliphatic heterocycles. The van der Waals surface area contributed by atoms with E-state index >= 15 is 0 Å². The Labute approximate surface area is 142 Å². The van der Waals surface area contributed by atoms with Crippen LogP contribution in [0.2, 0.25) is 37.9 Å². The molecule has 0 atom stereocenters. The average Bonchev–Trinajstić information content (AvgIpc) is 2.55. The van der Waals surface area contributed by atoms with E-state index < -0.39 is 88.0 Å². The highest BCUT2D eigenvalue weighted by Crippen LogP contribution is 2.28. The van der Waals surface area contributed by atoms with E-state index in [2.05, 4.69) is 0 Å². The van der Waals surface area contributed by atoms with Gasteiger partial charge in [-0.25, -0.2) is 0 Å². The van der Waals surface area contributed by atoms with Gasteiger partial charge in [0.15, 0.2) is 0 Å². The van der Waals surface area contributed by atoms with Crippen molar-refractivity contribution in [2.45, 2.75) is 64.1 Å². The molecule has 1 aromatic rings. The molecule has 0 saturated heterocycles. The van der Waals surface area contributed by atoms with Crippen LogP contribution in [0.5, 0.6) is 0 Å². The summed E-state index contributed by atoms with van der Waals surface area (Å²) in [6.45, 7) is -11.1. The molecule has 1 aliphatic rings. The molecule has 0 amide bonds. The zero-order valence-electron chi connectivity index (χ0n) is 29.5. The van der Waals surface area contributed by atoms with Crippen molar-refractivity contribution in [2.75, 3.05) is 0 Å². The van der Waals surface area contributed by atoms with Crippen LogP contribution in [0.3, 0.4) is 0 Å². The smallest absolute Gasteiger partial charge is 0.0654 e. The van der Waals surface area contributed by atoms with Crippen LogP contribution in [0.15, 0.2) is 18.1 Å². The molecule has 0 N–H and O–H groups in total. The standard InChI is InChI=1S/C16H28Si2/c1-16(2,3)13-8-9-14-15(12-13)18(6,7)11-10-17(14,4)5/h8-9,12H,10-11H2,1-7H3/i4D3,5D3,6D3,7D3,8D,9D,10D2,11D2,12D. The van der Waals surface area contributed by atoms with Gasteiger partial charge in [0.1, 0.15) is 0 Å². The lowest BCUT2D eigenvalue weighted by molar-refractivity contribution is 0.591. The lowest BCUT2D eigenvalue weighted by Crippen LogP contribution is -2.63. The fraction of sp³-hybridized carbons (Fsp3) is 0.625. The van der Waals surface area contributed by atoms with Crippen LogP contribution in [0.4, 0.5) is 0 Å². The lowest BCUT2D eigenvalue weighted by Gasteiger charge is -2.40. The quantitative estimate of drug-likeness (QED) is 0.638. The number of hydrogen-bond donors (Lipinski definition) is 0. The number of benzene rings is 1. The highest BCUT2D eigenvalue weighted by molar-refractivity contribution is 7.03. The number of rotatable bonds is 0. The van der Waals surface area contributed by atoms with E-state index in [0.29, 0.717) is 0 Å². The van der Waals surface area contributed by atoms with Crippen molar-refractivity contribution in [2.24, 2.45) is 0 Å². The molecule has 0 saturated carbocycles. The van der Waals surface area contributed by atoms with Crippen LogP contribution >= 0.6 is 0 Å². The Bertz CT molecular complexity index is 1070. The van der Waals surface area contributed by atoms with Crippen molar-refractivity contribution in [3.05, 3.63) is 23.7 Å². The molecule has 0 radical (unpaired) electrons. The molecule has 2 heteroatoms. The summed E-state index contributed by atoms with van der Waals surface area (Å²) in [4.78, 5) is 0. The largest absolute Gasteiger partial charge is 0.0802 e. The van der Waals surface area contributed by atoms with Gasteiger partial charge in [-0.05, 0) is 11.0 Å². The summed E-state index contributed by atoms with van der Waals surface area (Å²) in [6, 6.07) is -3.09. The minimum absolute atomic E-state index is 0.390. The van der Waals surface area contributed by atoms with Gasteiger partial charge >= 0.3 is 0 Å². The monoisotopic (exact) mass is 295 g/mol. The van der Waals surface area contributed by atoms with Gasteiger partial charge in [0.05, 0.1) is 20.3 Å². The van der Waals surface area contributed by atoms with Gasteiger partial charge in [0, 0.05) is 21.9 Å². The molecule has 0 bridgehead atoms. The van der Waals surface area contributed by atoms with Crippen LogP contribution < -0.4 is 10.4 Å². The van der Waals surface area contributed by atoms with Gasteiger partial charge in [-0.1, -0.05) is 87.2 Å². The maximum absolute atomic E-state index is 8.92. The first kappa shape index (κ1) is 3.45. The minimum Gasteiger partial charge on any atom is -0.0654 e. The normalized spacial score (nSPS) is 45.4. The van der Waals surface area contributed by atoms with Crippen LogP contribution in [0.1, 0.15) is 52.4 Å². The zero-order chi connectivity index (χ0) is 30.0. The fourth-order valence-corrected chi connectivity index (χ4v) is 5.97. The third-order valence-electron chi connectivity index (χ3n) is 2.75. The Morgan fingerprint density at radius 2 is 1.61 bits per heavy atom. The Kier molecular flexibility index (Phi) is 0.781. The summed E-state index contributed by atoms with van der Waals surface area (Å²) in [5.41, 5.74) is -1.63. The number of fused-ring (bicyclic) bond motifs is 1. The first-order valence-electron chi connectivity index (χ1n) is 15.0. The predicted octanol–water partition coefficient (Wildman–Crippen LogP) is 3.83. The molecule has 2 rings (SSSR count). The number of hydrogen-bond acceptors (Lipinski definition) is 0. The highest BCUT2D eigenvalue weighted by Gasteiger charge is 2.39. The predicted molar refractivity (Wildman–Crippen MR) is 89.0 cm³/mol. The van der Waals surface area contributed by atoms with Gasteiger partial charge in [0.25, 0.3) is 0 Å². The van der Waals surface area contributed by atoms with E-state index in [1.165, 1.54) is 20.8 Å². The molecule has 1 heterocycles. The van der Waals surface area contributed by atoms with Crippen molar-refractivity contribution < 1.29 is 26.0 Å². The van der Waals surface area contributed by atoms with E-state index in [0.717, 1.165) is 0 Å². The first-order valence-corrected chi connectivity index (χ1v) is 9.50. The van der Waals surface area contributed by atoms with Crippen molar-refractivity contribution in [3.8, 4) is 0 Å². The van der Waals surface area contributed by atoms with E-state index in [4.69, 9.17) is 26.0 Å². The second-order valence-corrected chi connectivity index (χ2v) is 10.0. The molecule has 18 heavy (non-hydrogen) atoms. The van der Waals surface area contributed by atoms with Crippen molar-refractivity contribution in [1.82, 2.24) is 0 Å². The Morgan fingerprint density at radius 1 is 1.06 bits per heavy atom. The molecule has 0 aromatic heterocycles. The van der Waals surface area contributed by atoms with Gasteiger partial charge in [0.2, 0.25) is 0 Å². The fourth-order valence-electron chi connectivity index (χ4n) is 1.66. The Balaban J connectivity index is 3.75. The van der Waals surface area contributed by atoms with Gasteiger partial charge in [-0.15, -0.1) is 0 Å². The maximum atomic E-state index is 8.92. The zero-order valence-corrected chi connectivity index (χ0v) is 12.5. The van der Waals surface area contributed by atoms with Crippen LogP contribution in [-0.4, -0.2) is 16.1 Å². The summed E-state index contributed by atoms with van der Waals surface area (Å²) in [7, 11) is -12.5. The summed E-state index contributed by atoms with van der Waals surface area (Å²) in [5.74, 6) is -8.18. The second-order valence-electron chi connectivity index (χ2n) is 5.50. The summed E-state index contributed by atoms with van der Waals surface area (Å²) < 4.78 is 160. The molecule has 0 fully saturated rings. The highest BCUT2D eigenvalue weighted by atomic mass is 28.3. The molecule has 1 aromatic carbocycles. The van der Waals surface area contributed by atoms with E-state index in [1.54, 1.807) is 0 Å². The summed E-state index contributed by atoms with van der Waals surface area (Å²) >= 11 is 0. The summed E-state index contributed by atoms with van der Waals surface area (Å²) in [6.07, 6.45) is 0. The van der Waals surface area contributed by atoms with E-state index in [1.807, 2.05) is 0 Å². The molecular weight excluding hydrogens is 248 g/mol. The summed E-state index contributed by atoms with van der Waals surface area (Å²) in [5, 5.41) is -2.52. The van der Waals surface area contributed by atoms with E-state index in [-0.39, 0.29) is 5.56 Å². The molecule has 0 nitrogen and oxygen atoms in total. The van der Waals surface area contributed by atoms with Crippen LogP contribution in [-0.2, 0) is 5.41 Å². The Morgan fingerprint density at radius 3 is 2.11 bits per heavy atom. The minimum atomic E-state index is -6.24. The SMILES string of the molecule is [2H]c1c([2H])c2c(c([2H])c1C(C)(C)C)[Si](C([2H])([2H])[2H])(C([2H])([2H])[2H])C([2H])([2H])C([2H])([2H])[Si]2(C([2H])([2H])[2H])C([2H])([2H])[2H]. The van der Waals surface area contributed by atoms with Gasteiger partial charge in [-0.3, -0.25) is 0 Å². The van der Waals surface area contributed by atoms with Crippen LogP contribution in [0.25, 0.3) is 0 Å². The second kappa shape index (κ2) is 4.07. The Hall–Kier alpha value is -0.346. The third kappa shape index (κ3) is 2.37. The molecule has 100 valence electrons. The van der Waals surface area contributed by atoms with Crippen LogP contribution in [0, 0.1) is 0 Å². The third-order valence-corrected chi connectivity index (χ3v) is 6.50. The topological polar surface area (TPSA) is 0 Å². The molecule has 0 spiro atoms. The van der Waals surface area contributed by atoms with Gasteiger partial charge in [-0.2, -0.15) is 0 Å².